The first-order valence-corrected chi connectivity index (χ1v) is 8.36. The second-order valence-corrected chi connectivity index (χ2v) is 7.40. The second kappa shape index (κ2) is 7.37. The topological polar surface area (TPSA) is 35.2 Å². The van der Waals surface area contributed by atoms with Crippen molar-refractivity contribution in [1.82, 2.24) is 0 Å². The van der Waals surface area contributed by atoms with Crippen molar-refractivity contribution in [3.8, 4) is 5.75 Å². The van der Waals surface area contributed by atoms with Crippen LogP contribution in [0.4, 0.5) is 0 Å². The van der Waals surface area contributed by atoms with E-state index in [1.165, 1.54) is 11.1 Å². The summed E-state index contributed by atoms with van der Waals surface area (Å²) in [6, 6.07) is 14.5. The van der Waals surface area contributed by atoms with Gasteiger partial charge in [-0.1, -0.05) is 56.6 Å². The lowest BCUT2D eigenvalue weighted by Gasteiger charge is -2.21. The molecule has 2 aromatic rings. The molecule has 1 unspecified atom stereocenters. The number of methoxy groups -OCH3 is 1. The van der Waals surface area contributed by atoms with Gasteiger partial charge < -0.3 is 10.5 Å². The van der Waals surface area contributed by atoms with E-state index in [0.29, 0.717) is 6.54 Å². The highest BCUT2D eigenvalue weighted by Gasteiger charge is 2.17. The molecule has 2 aromatic carbocycles. The minimum atomic E-state index is 0.160. The first kappa shape index (κ1) is 17.8. The van der Waals surface area contributed by atoms with Gasteiger partial charge in [0.25, 0.3) is 0 Å². The number of hydrogen-bond acceptors (Lipinski definition) is 2. The van der Waals surface area contributed by atoms with Crippen molar-refractivity contribution in [2.75, 3.05) is 13.7 Å². The number of benzene rings is 2. The highest BCUT2D eigenvalue weighted by Crippen LogP contribution is 2.30. The maximum atomic E-state index is 6.13. The second-order valence-electron chi connectivity index (χ2n) is 6.96. The SMILES string of the molecule is COc1ccc(Cl)cc1CC(CN)c1ccc(C(C)(C)C)cc1. The van der Waals surface area contributed by atoms with E-state index >= 15 is 0 Å². The van der Waals surface area contributed by atoms with Crippen molar-refractivity contribution < 1.29 is 4.74 Å². The molecule has 3 heteroatoms. The van der Waals surface area contributed by atoms with Crippen LogP contribution in [0, 0.1) is 0 Å². The molecule has 124 valence electrons. The third-order valence-corrected chi connectivity index (χ3v) is 4.48. The molecular weight excluding hydrogens is 306 g/mol. The van der Waals surface area contributed by atoms with Crippen molar-refractivity contribution in [2.24, 2.45) is 5.73 Å². The lowest BCUT2D eigenvalue weighted by atomic mass is 9.84. The Morgan fingerprint density at radius 2 is 1.74 bits per heavy atom. The van der Waals surface area contributed by atoms with E-state index in [2.05, 4.69) is 45.0 Å². The van der Waals surface area contributed by atoms with Gasteiger partial charge in [0, 0.05) is 10.9 Å². The highest BCUT2D eigenvalue weighted by molar-refractivity contribution is 6.30. The van der Waals surface area contributed by atoms with E-state index < -0.39 is 0 Å². The molecule has 0 aliphatic heterocycles. The van der Waals surface area contributed by atoms with Crippen molar-refractivity contribution in [1.29, 1.82) is 0 Å². The van der Waals surface area contributed by atoms with Gasteiger partial charge >= 0.3 is 0 Å². The van der Waals surface area contributed by atoms with Crippen molar-refractivity contribution >= 4 is 11.6 Å². The molecule has 2 N–H and O–H groups in total. The summed E-state index contributed by atoms with van der Waals surface area (Å²) < 4.78 is 5.45. The highest BCUT2D eigenvalue weighted by atomic mass is 35.5. The largest absolute Gasteiger partial charge is 0.496 e. The summed E-state index contributed by atoms with van der Waals surface area (Å²) in [4.78, 5) is 0. The van der Waals surface area contributed by atoms with Gasteiger partial charge in [0.05, 0.1) is 7.11 Å². The average Bonchev–Trinajstić information content (AvgIpc) is 2.52. The third-order valence-electron chi connectivity index (χ3n) is 4.24. The van der Waals surface area contributed by atoms with E-state index in [4.69, 9.17) is 22.1 Å². The molecular formula is C20H26ClNO. The van der Waals surface area contributed by atoms with Gasteiger partial charge in [-0.15, -0.1) is 0 Å². The van der Waals surface area contributed by atoms with Crippen LogP contribution in [-0.2, 0) is 11.8 Å². The molecule has 0 amide bonds. The van der Waals surface area contributed by atoms with Gasteiger partial charge in [-0.2, -0.15) is 0 Å². The predicted molar refractivity (Wildman–Crippen MR) is 98.6 cm³/mol. The Hall–Kier alpha value is -1.51. The third kappa shape index (κ3) is 4.49. The predicted octanol–water partition coefficient (Wildman–Crippen LogP) is 4.93. The van der Waals surface area contributed by atoms with Crippen molar-refractivity contribution in [2.45, 2.75) is 38.5 Å². The van der Waals surface area contributed by atoms with Gasteiger partial charge in [0.1, 0.15) is 5.75 Å². The summed E-state index contributed by atoms with van der Waals surface area (Å²) in [6.07, 6.45) is 0.815. The van der Waals surface area contributed by atoms with Crippen molar-refractivity contribution in [3.63, 3.8) is 0 Å². The number of halogens is 1. The monoisotopic (exact) mass is 331 g/mol. The van der Waals surface area contributed by atoms with Crippen molar-refractivity contribution in [3.05, 3.63) is 64.2 Å². The van der Waals surface area contributed by atoms with Crippen LogP contribution in [0.5, 0.6) is 5.75 Å². The molecule has 0 fully saturated rings. The van der Waals surface area contributed by atoms with E-state index in [1.54, 1.807) is 7.11 Å². The van der Waals surface area contributed by atoms with Crippen LogP contribution < -0.4 is 10.5 Å². The number of hydrogen-bond donors (Lipinski definition) is 1. The molecule has 0 saturated heterocycles. The maximum Gasteiger partial charge on any atom is 0.122 e. The minimum absolute atomic E-state index is 0.160. The summed E-state index contributed by atoms with van der Waals surface area (Å²) in [5, 5.41) is 0.722. The summed E-state index contributed by atoms with van der Waals surface area (Å²) >= 11 is 6.13. The van der Waals surface area contributed by atoms with Crippen LogP contribution in [0.3, 0.4) is 0 Å². The van der Waals surface area contributed by atoms with Crippen LogP contribution >= 0.6 is 11.6 Å². The fourth-order valence-electron chi connectivity index (χ4n) is 2.76. The Labute approximate surface area is 144 Å². The van der Waals surface area contributed by atoms with E-state index in [9.17, 15) is 0 Å². The molecule has 2 rings (SSSR count). The first-order valence-electron chi connectivity index (χ1n) is 7.98. The zero-order valence-corrected chi connectivity index (χ0v) is 15.2. The molecule has 0 aromatic heterocycles. The average molecular weight is 332 g/mol. The first-order chi connectivity index (χ1) is 10.8. The zero-order chi connectivity index (χ0) is 17.0. The molecule has 23 heavy (non-hydrogen) atoms. The van der Waals surface area contributed by atoms with Crippen LogP contribution in [-0.4, -0.2) is 13.7 Å². The molecule has 0 saturated carbocycles. The molecule has 0 heterocycles. The molecule has 2 nitrogen and oxygen atoms in total. The van der Waals surface area contributed by atoms with Crippen LogP contribution in [0.2, 0.25) is 5.02 Å². The van der Waals surface area contributed by atoms with E-state index in [-0.39, 0.29) is 11.3 Å². The number of rotatable bonds is 5. The lowest BCUT2D eigenvalue weighted by Crippen LogP contribution is -2.16. The number of nitrogens with two attached hydrogens (primary N) is 1. The summed E-state index contributed by atoms with van der Waals surface area (Å²) in [5.74, 6) is 1.11. The minimum Gasteiger partial charge on any atom is -0.496 e. The van der Waals surface area contributed by atoms with Crippen LogP contribution in [0.15, 0.2) is 42.5 Å². The number of ether oxygens (including phenoxy) is 1. The van der Waals surface area contributed by atoms with Crippen LogP contribution in [0.25, 0.3) is 0 Å². The van der Waals surface area contributed by atoms with Crippen LogP contribution in [0.1, 0.15) is 43.4 Å². The fraction of sp³-hybridized carbons (Fsp3) is 0.400. The van der Waals surface area contributed by atoms with Gasteiger partial charge in [0.2, 0.25) is 0 Å². The Balaban J connectivity index is 2.25. The molecule has 0 radical (unpaired) electrons. The molecule has 0 aliphatic carbocycles. The standard InChI is InChI=1S/C20H26ClNO/c1-20(2,3)17-7-5-14(6-8-17)16(13-22)11-15-12-18(21)9-10-19(15)23-4/h5-10,12,16H,11,13,22H2,1-4H3. The molecule has 0 spiro atoms. The molecule has 0 bridgehead atoms. The summed E-state index contributed by atoms with van der Waals surface area (Å²) in [7, 11) is 1.68. The zero-order valence-electron chi connectivity index (χ0n) is 14.4. The fourth-order valence-corrected chi connectivity index (χ4v) is 2.96. The van der Waals surface area contributed by atoms with Gasteiger partial charge in [0.15, 0.2) is 0 Å². The summed E-state index contributed by atoms with van der Waals surface area (Å²) in [6.45, 7) is 7.25. The lowest BCUT2D eigenvalue weighted by molar-refractivity contribution is 0.408. The van der Waals surface area contributed by atoms with Gasteiger partial charge in [-0.05, 0) is 53.3 Å². The normalized spacial score (nSPS) is 13.0. The smallest absolute Gasteiger partial charge is 0.122 e. The Morgan fingerprint density at radius 1 is 1.09 bits per heavy atom. The Morgan fingerprint density at radius 3 is 2.26 bits per heavy atom. The van der Waals surface area contributed by atoms with Gasteiger partial charge in [-0.3, -0.25) is 0 Å². The molecule has 0 aliphatic rings. The Kier molecular flexibility index (Phi) is 5.72. The molecule has 1 atom stereocenters. The van der Waals surface area contributed by atoms with E-state index in [1.807, 2.05) is 18.2 Å². The Bertz CT molecular complexity index is 644. The van der Waals surface area contributed by atoms with Gasteiger partial charge in [-0.25, -0.2) is 0 Å². The maximum absolute atomic E-state index is 6.13. The van der Waals surface area contributed by atoms with E-state index in [0.717, 1.165) is 22.8 Å². The quantitative estimate of drug-likeness (QED) is 0.843. The summed E-state index contributed by atoms with van der Waals surface area (Å²) in [5.41, 5.74) is 9.87.